The van der Waals surface area contributed by atoms with Gasteiger partial charge >= 0.3 is 0 Å². The fourth-order valence-corrected chi connectivity index (χ4v) is 3.39. The number of halogens is 1. The molecule has 2 aromatic carbocycles. The largest absolute Gasteiger partial charge is 0.508 e. The van der Waals surface area contributed by atoms with E-state index in [1.54, 1.807) is 12.1 Å². The minimum Gasteiger partial charge on any atom is -0.508 e. The van der Waals surface area contributed by atoms with E-state index >= 15 is 0 Å². The predicted octanol–water partition coefficient (Wildman–Crippen LogP) is 4.04. The van der Waals surface area contributed by atoms with Crippen molar-refractivity contribution in [3.63, 3.8) is 0 Å². The summed E-state index contributed by atoms with van der Waals surface area (Å²) >= 11 is 0. The summed E-state index contributed by atoms with van der Waals surface area (Å²) in [6, 6.07) is 18.0. The summed E-state index contributed by atoms with van der Waals surface area (Å²) in [5.41, 5.74) is 2.44. The van der Waals surface area contributed by atoms with Crippen molar-refractivity contribution < 1.29 is 5.11 Å². The zero-order chi connectivity index (χ0) is 17.5. The highest BCUT2D eigenvalue weighted by atomic mass is 127. The second-order valence-electron chi connectivity index (χ2n) is 6.63. The van der Waals surface area contributed by atoms with Crippen molar-refractivity contribution in [2.45, 2.75) is 26.3 Å². The second kappa shape index (κ2) is 10.4. The van der Waals surface area contributed by atoms with Gasteiger partial charge in [-0.15, -0.1) is 24.0 Å². The molecule has 1 fully saturated rings. The molecule has 26 heavy (non-hydrogen) atoms. The van der Waals surface area contributed by atoms with Crippen LogP contribution in [-0.2, 0) is 13.0 Å². The lowest BCUT2D eigenvalue weighted by Crippen LogP contribution is -2.40. The molecule has 2 N–H and O–H groups in total. The molecule has 0 saturated carbocycles. The van der Waals surface area contributed by atoms with Crippen LogP contribution >= 0.6 is 24.0 Å². The van der Waals surface area contributed by atoms with Gasteiger partial charge in [0.25, 0.3) is 0 Å². The molecule has 0 bridgehead atoms. The van der Waals surface area contributed by atoms with Gasteiger partial charge in [-0.2, -0.15) is 0 Å². The molecule has 0 amide bonds. The topological polar surface area (TPSA) is 47.9 Å². The molecule has 140 valence electrons. The van der Waals surface area contributed by atoms with Gasteiger partial charge in [-0.1, -0.05) is 42.5 Å². The van der Waals surface area contributed by atoms with E-state index in [9.17, 15) is 5.11 Å². The summed E-state index contributed by atoms with van der Waals surface area (Å²) in [4.78, 5) is 7.13. The van der Waals surface area contributed by atoms with Crippen molar-refractivity contribution >= 4 is 29.9 Å². The fourth-order valence-electron chi connectivity index (χ4n) is 3.39. The van der Waals surface area contributed by atoms with Gasteiger partial charge < -0.3 is 15.3 Å². The fraction of sp³-hybridized carbons (Fsp3) is 0.381. The van der Waals surface area contributed by atoms with Crippen molar-refractivity contribution in [3.8, 4) is 5.75 Å². The Bertz CT molecular complexity index is 705. The van der Waals surface area contributed by atoms with Crippen molar-refractivity contribution in [1.82, 2.24) is 10.2 Å². The molecule has 0 radical (unpaired) electrons. The van der Waals surface area contributed by atoms with Gasteiger partial charge in [0, 0.05) is 19.6 Å². The number of nitrogens with one attached hydrogen (secondary N) is 1. The Morgan fingerprint density at radius 2 is 1.92 bits per heavy atom. The molecule has 0 aliphatic carbocycles. The molecule has 1 aliphatic heterocycles. The van der Waals surface area contributed by atoms with Crippen LogP contribution in [0, 0.1) is 5.92 Å². The monoisotopic (exact) mass is 465 g/mol. The molecule has 1 aliphatic rings. The van der Waals surface area contributed by atoms with Gasteiger partial charge in [-0.3, -0.25) is 0 Å². The number of hydrogen-bond donors (Lipinski definition) is 2. The first-order valence-corrected chi connectivity index (χ1v) is 9.09. The van der Waals surface area contributed by atoms with E-state index in [2.05, 4.69) is 47.5 Å². The molecule has 5 heteroatoms. The molecule has 0 aromatic heterocycles. The first-order chi connectivity index (χ1) is 12.2. The highest BCUT2D eigenvalue weighted by Crippen LogP contribution is 2.21. The summed E-state index contributed by atoms with van der Waals surface area (Å²) < 4.78 is 0. The molecule has 1 atom stereocenters. The lowest BCUT2D eigenvalue weighted by molar-refractivity contribution is 0.459. The van der Waals surface area contributed by atoms with E-state index < -0.39 is 0 Å². The first kappa shape index (κ1) is 20.6. The molecule has 2 aromatic rings. The van der Waals surface area contributed by atoms with Crippen LogP contribution in [0.1, 0.15) is 24.5 Å². The summed E-state index contributed by atoms with van der Waals surface area (Å²) in [5.74, 6) is 1.94. The number of phenols is 1. The Hall–Kier alpha value is -1.76. The maximum atomic E-state index is 9.59. The van der Waals surface area contributed by atoms with Crippen molar-refractivity contribution in [1.29, 1.82) is 0 Å². The highest BCUT2D eigenvalue weighted by Gasteiger charge is 2.24. The summed E-state index contributed by atoms with van der Waals surface area (Å²) in [5, 5.41) is 13.0. The number of hydrogen-bond acceptors (Lipinski definition) is 2. The third kappa shape index (κ3) is 5.90. The van der Waals surface area contributed by atoms with E-state index in [0.717, 1.165) is 37.6 Å². The van der Waals surface area contributed by atoms with E-state index in [1.807, 2.05) is 12.1 Å². The summed E-state index contributed by atoms with van der Waals surface area (Å²) in [7, 11) is 0. The van der Waals surface area contributed by atoms with Gasteiger partial charge in [0.2, 0.25) is 0 Å². The van der Waals surface area contributed by atoms with Gasteiger partial charge in [-0.25, -0.2) is 4.99 Å². The lowest BCUT2D eigenvalue weighted by atomic mass is 9.99. The zero-order valence-corrected chi connectivity index (χ0v) is 17.6. The smallest absolute Gasteiger partial charge is 0.194 e. The Labute approximate surface area is 173 Å². The van der Waals surface area contributed by atoms with Crippen molar-refractivity contribution in [3.05, 3.63) is 65.7 Å². The number of phenolic OH excluding ortho intramolecular Hbond substituents is 1. The minimum absolute atomic E-state index is 0. The third-order valence-electron chi connectivity index (χ3n) is 4.61. The SMILES string of the molecule is CCNC(=NCc1cccc(O)c1)N1CCC(Cc2ccccc2)C1.I. The number of likely N-dealkylation sites (tertiary alicyclic amines) is 1. The van der Waals surface area contributed by atoms with E-state index in [4.69, 9.17) is 4.99 Å². The Balaban J connectivity index is 0.00000243. The minimum atomic E-state index is 0. The lowest BCUT2D eigenvalue weighted by Gasteiger charge is -2.21. The maximum Gasteiger partial charge on any atom is 0.194 e. The number of aliphatic imine (C=N–C) groups is 1. The van der Waals surface area contributed by atoms with Crippen LogP contribution in [0.5, 0.6) is 5.75 Å². The molecule has 1 saturated heterocycles. The normalized spacial score (nSPS) is 17.0. The molecule has 0 spiro atoms. The van der Waals surface area contributed by atoms with Crippen LogP contribution in [0.4, 0.5) is 0 Å². The van der Waals surface area contributed by atoms with Crippen LogP contribution in [-0.4, -0.2) is 35.6 Å². The molecule has 3 rings (SSSR count). The number of guanidine groups is 1. The summed E-state index contributed by atoms with van der Waals surface area (Å²) in [6.45, 7) is 5.63. The third-order valence-corrected chi connectivity index (χ3v) is 4.61. The average Bonchev–Trinajstić information content (AvgIpc) is 3.08. The van der Waals surface area contributed by atoms with E-state index in [-0.39, 0.29) is 24.0 Å². The van der Waals surface area contributed by atoms with Crippen LogP contribution in [0.3, 0.4) is 0 Å². The van der Waals surface area contributed by atoms with E-state index in [0.29, 0.717) is 18.2 Å². The quantitative estimate of drug-likeness (QED) is 0.398. The Morgan fingerprint density at radius 1 is 1.15 bits per heavy atom. The number of nitrogens with zero attached hydrogens (tertiary/aromatic N) is 2. The van der Waals surface area contributed by atoms with Crippen LogP contribution in [0.2, 0.25) is 0 Å². The molecule has 1 heterocycles. The van der Waals surface area contributed by atoms with Gasteiger partial charge in [0.05, 0.1) is 6.54 Å². The standard InChI is InChI=1S/C21H27N3O.HI/c1-2-22-21(23-15-18-9-6-10-20(25)14-18)24-12-11-19(16-24)13-17-7-4-3-5-8-17;/h3-10,14,19,25H,2,11-13,15-16H2,1H3,(H,22,23);1H. The average molecular weight is 465 g/mol. The molecule has 4 nitrogen and oxygen atoms in total. The molecular formula is C21H28IN3O. The number of aromatic hydroxyl groups is 1. The van der Waals surface area contributed by atoms with Gasteiger partial charge in [0.1, 0.15) is 5.75 Å². The van der Waals surface area contributed by atoms with Gasteiger partial charge in [0.15, 0.2) is 5.96 Å². The Morgan fingerprint density at radius 3 is 2.65 bits per heavy atom. The zero-order valence-electron chi connectivity index (χ0n) is 15.3. The predicted molar refractivity (Wildman–Crippen MR) is 118 cm³/mol. The number of benzene rings is 2. The second-order valence-corrected chi connectivity index (χ2v) is 6.63. The Kier molecular flexibility index (Phi) is 8.22. The first-order valence-electron chi connectivity index (χ1n) is 9.09. The van der Waals surface area contributed by atoms with Crippen molar-refractivity contribution in [2.24, 2.45) is 10.9 Å². The molecular weight excluding hydrogens is 437 g/mol. The molecule has 1 unspecified atom stereocenters. The summed E-state index contributed by atoms with van der Waals surface area (Å²) in [6.07, 6.45) is 2.33. The van der Waals surface area contributed by atoms with E-state index in [1.165, 1.54) is 12.0 Å². The highest BCUT2D eigenvalue weighted by molar-refractivity contribution is 14.0. The number of rotatable bonds is 5. The van der Waals surface area contributed by atoms with Crippen LogP contribution in [0.25, 0.3) is 0 Å². The van der Waals surface area contributed by atoms with Crippen LogP contribution in [0.15, 0.2) is 59.6 Å². The van der Waals surface area contributed by atoms with Gasteiger partial charge in [-0.05, 0) is 48.9 Å². The van der Waals surface area contributed by atoms with Crippen molar-refractivity contribution in [2.75, 3.05) is 19.6 Å². The van der Waals surface area contributed by atoms with Crippen LogP contribution < -0.4 is 5.32 Å². The maximum absolute atomic E-state index is 9.59.